The van der Waals surface area contributed by atoms with Gasteiger partial charge in [0.25, 0.3) is 5.56 Å². The highest BCUT2D eigenvalue weighted by atomic mass is 19.1. The Balaban J connectivity index is 2.62. The van der Waals surface area contributed by atoms with Crippen molar-refractivity contribution < 1.29 is 24.4 Å². The van der Waals surface area contributed by atoms with Gasteiger partial charge in [-0.05, 0) is 6.92 Å². The lowest BCUT2D eigenvalue weighted by Gasteiger charge is -2.27. The van der Waals surface area contributed by atoms with Crippen LogP contribution in [0.4, 0.5) is 4.39 Å². The highest BCUT2D eigenvalue weighted by Gasteiger charge is 2.56. The van der Waals surface area contributed by atoms with Crippen LogP contribution in [-0.2, 0) is 4.74 Å². The molecule has 1 aliphatic heterocycles. The molecule has 0 bridgehead atoms. The van der Waals surface area contributed by atoms with E-state index in [-0.39, 0.29) is 5.69 Å². The minimum Gasteiger partial charge on any atom is -0.394 e. The zero-order valence-corrected chi connectivity index (χ0v) is 11.6. The molecule has 0 spiro atoms. The first-order chi connectivity index (χ1) is 10.3. The van der Waals surface area contributed by atoms with E-state index in [0.717, 1.165) is 10.6 Å². The average Bonchev–Trinajstić information content (AvgIpc) is 2.69. The number of nitrogens with one attached hydrogen (secondary N) is 1. The Labute approximate surface area is 123 Å². The number of rotatable bonds is 2. The van der Waals surface area contributed by atoms with E-state index in [1.165, 1.54) is 6.92 Å². The van der Waals surface area contributed by atoms with Crippen molar-refractivity contribution in [2.24, 2.45) is 0 Å². The van der Waals surface area contributed by atoms with E-state index < -0.39 is 48.6 Å². The van der Waals surface area contributed by atoms with Crippen LogP contribution in [0.25, 0.3) is 0 Å². The summed E-state index contributed by atoms with van der Waals surface area (Å²) in [6.07, 6.45) is -4.40. The molecule has 0 saturated carbocycles. The minimum absolute atomic E-state index is 0.144. The molecule has 2 unspecified atom stereocenters. The number of ether oxygens (including phenoxy) is 1. The smallest absolute Gasteiger partial charge is 0.330 e. The van der Waals surface area contributed by atoms with E-state index in [1.54, 1.807) is 0 Å². The summed E-state index contributed by atoms with van der Waals surface area (Å²) in [5, 5.41) is 29.8. The lowest BCUT2D eigenvalue weighted by atomic mass is 9.94. The van der Waals surface area contributed by atoms with Crippen molar-refractivity contribution in [2.75, 3.05) is 13.3 Å². The fourth-order valence-electron chi connectivity index (χ4n) is 2.40. The molecule has 9 heteroatoms. The number of aryl methyl sites for hydroxylation is 1. The minimum atomic E-state index is -2.31. The van der Waals surface area contributed by atoms with Crippen molar-refractivity contribution in [2.45, 2.75) is 31.0 Å². The zero-order valence-electron chi connectivity index (χ0n) is 11.6. The van der Waals surface area contributed by atoms with Gasteiger partial charge in [0.15, 0.2) is 11.8 Å². The number of nitrogens with zero attached hydrogens (tertiary/aromatic N) is 1. The summed E-state index contributed by atoms with van der Waals surface area (Å²) < 4.78 is 18.5. The maximum absolute atomic E-state index is 12.3. The van der Waals surface area contributed by atoms with Crippen LogP contribution in [0.2, 0.25) is 0 Å². The maximum atomic E-state index is 12.3. The molecule has 0 amide bonds. The summed E-state index contributed by atoms with van der Waals surface area (Å²) in [4.78, 5) is 25.2. The summed E-state index contributed by atoms with van der Waals surface area (Å²) in [6.45, 7) is -0.304. The Bertz CT molecular complexity index is 733. The third kappa shape index (κ3) is 2.57. The molecule has 4 N–H and O–H groups in total. The van der Waals surface area contributed by atoms with Crippen molar-refractivity contribution in [3.8, 4) is 11.8 Å². The van der Waals surface area contributed by atoms with Crippen LogP contribution in [0.5, 0.6) is 0 Å². The second-order valence-corrected chi connectivity index (χ2v) is 4.87. The van der Waals surface area contributed by atoms with Gasteiger partial charge < -0.3 is 20.1 Å². The monoisotopic (exact) mass is 314 g/mol. The molecule has 1 aromatic heterocycles. The topological polar surface area (TPSA) is 125 Å². The molecule has 4 atom stereocenters. The molecule has 2 heterocycles. The van der Waals surface area contributed by atoms with Crippen molar-refractivity contribution in [3.63, 3.8) is 0 Å². The Hall–Kier alpha value is -1.99. The first-order valence-electron chi connectivity index (χ1n) is 6.40. The van der Waals surface area contributed by atoms with E-state index in [0.29, 0.717) is 0 Å². The van der Waals surface area contributed by atoms with Crippen molar-refractivity contribution in [1.82, 2.24) is 9.55 Å². The van der Waals surface area contributed by atoms with Crippen LogP contribution in [0.15, 0.2) is 15.7 Å². The lowest BCUT2D eigenvalue weighted by Crippen LogP contribution is -2.49. The van der Waals surface area contributed by atoms with Crippen LogP contribution >= 0.6 is 0 Å². The molecular formula is C13H15FN2O6. The molecular weight excluding hydrogens is 299 g/mol. The molecule has 22 heavy (non-hydrogen) atoms. The highest BCUT2D eigenvalue weighted by molar-refractivity contribution is 5.23. The normalized spacial score (nSPS) is 30.9. The standard InChI is InChI=1S/C13H15FN2O6/c1-7-5-9(18)15-12(20)16(7)11-13(21,3-2-4-14)10(19)8(6-17)22-11/h5,8,10-11,17,19,21H,4,6H2,1H3,(H,15,18,20)/t8?,10?,11-,13-/m1/s1. The second-order valence-electron chi connectivity index (χ2n) is 4.87. The van der Waals surface area contributed by atoms with Gasteiger partial charge in [-0.3, -0.25) is 14.3 Å². The lowest BCUT2D eigenvalue weighted by molar-refractivity contribution is -0.0775. The first-order valence-corrected chi connectivity index (χ1v) is 6.40. The molecule has 0 radical (unpaired) electrons. The predicted molar refractivity (Wildman–Crippen MR) is 71.8 cm³/mol. The largest absolute Gasteiger partial charge is 0.394 e. The highest BCUT2D eigenvalue weighted by Crippen LogP contribution is 2.37. The van der Waals surface area contributed by atoms with E-state index in [1.807, 2.05) is 10.9 Å². The number of H-pyrrole nitrogens is 1. The molecule has 1 fully saturated rings. The maximum Gasteiger partial charge on any atom is 0.330 e. The quantitative estimate of drug-likeness (QED) is 0.459. The van der Waals surface area contributed by atoms with Crippen molar-refractivity contribution in [1.29, 1.82) is 0 Å². The fraction of sp³-hybridized carbons (Fsp3) is 0.538. The van der Waals surface area contributed by atoms with E-state index in [9.17, 15) is 29.3 Å². The number of aromatic nitrogens is 2. The van der Waals surface area contributed by atoms with E-state index in [4.69, 9.17) is 4.74 Å². The Morgan fingerprint density at radius 3 is 2.77 bits per heavy atom. The molecule has 0 aromatic carbocycles. The van der Waals surface area contributed by atoms with Crippen LogP contribution in [0, 0.1) is 18.8 Å². The van der Waals surface area contributed by atoms with Gasteiger partial charge in [0, 0.05) is 11.8 Å². The molecule has 0 aliphatic carbocycles. The number of aliphatic hydroxyl groups is 3. The molecule has 120 valence electrons. The summed E-state index contributed by atoms with van der Waals surface area (Å²) in [6, 6.07) is 1.09. The van der Waals surface area contributed by atoms with Gasteiger partial charge >= 0.3 is 5.69 Å². The number of aromatic amines is 1. The van der Waals surface area contributed by atoms with E-state index >= 15 is 0 Å². The number of hydrogen-bond acceptors (Lipinski definition) is 6. The van der Waals surface area contributed by atoms with Gasteiger partial charge in [-0.15, -0.1) is 0 Å². The summed E-state index contributed by atoms with van der Waals surface area (Å²) in [5.74, 6) is 4.11. The summed E-state index contributed by atoms with van der Waals surface area (Å²) >= 11 is 0. The fourth-order valence-corrected chi connectivity index (χ4v) is 2.40. The number of hydrogen-bond donors (Lipinski definition) is 4. The second kappa shape index (κ2) is 6.02. The predicted octanol–water partition coefficient (Wildman–Crippen LogP) is -2.20. The van der Waals surface area contributed by atoms with Crippen LogP contribution < -0.4 is 11.2 Å². The Morgan fingerprint density at radius 1 is 1.55 bits per heavy atom. The van der Waals surface area contributed by atoms with Gasteiger partial charge in [-0.25, -0.2) is 9.18 Å². The first kappa shape index (κ1) is 16.4. The molecule has 8 nitrogen and oxygen atoms in total. The SMILES string of the molecule is Cc1cc(=O)[nH]c(=O)n1[C@@H]1OC(CO)C(O)[C@]1(O)C#CCF. The number of aliphatic hydroxyl groups excluding tert-OH is 2. The summed E-state index contributed by atoms with van der Waals surface area (Å²) in [7, 11) is 0. The zero-order chi connectivity index (χ0) is 16.5. The van der Waals surface area contributed by atoms with Gasteiger partial charge in [0.2, 0.25) is 0 Å². The third-order valence-corrected chi connectivity index (χ3v) is 3.42. The van der Waals surface area contributed by atoms with Gasteiger partial charge in [0.1, 0.15) is 18.9 Å². The molecule has 1 saturated heterocycles. The molecule has 1 aromatic rings. The van der Waals surface area contributed by atoms with Crippen LogP contribution in [0.3, 0.4) is 0 Å². The third-order valence-electron chi connectivity index (χ3n) is 3.42. The van der Waals surface area contributed by atoms with Gasteiger partial charge in [0.05, 0.1) is 6.61 Å². The number of halogens is 1. The Morgan fingerprint density at radius 2 is 2.23 bits per heavy atom. The average molecular weight is 314 g/mol. The summed E-state index contributed by atoms with van der Waals surface area (Å²) in [5.41, 5.74) is -3.70. The molecule has 2 rings (SSSR count). The van der Waals surface area contributed by atoms with E-state index in [2.05, 4.69) is 5.92 Å². The van der Waals surface area contributed by atoms with Crippen molar-refractivity contribution >= 4 is 0 Å². The van der Waals surface area contributed by atoms with Gasteiger partial charge in [-0.2, -0.15) is 0 Å². The van der Waals surface area contributed by atoms with Crippen LogP contribution in [-0.4, -0.2) is 56.0 Å². The van der Waals surface area contributed by atoms with Gasteiger partial charge in [-0.1, -0.05) is 11.8 Å². The van der Waals surface area contributed by atoms with Crippen molar-refractivity contribution in [3.05, 3.63) is 32.6 Å². The Kier molecular flexibility index (Phi) is 4.48. The number of alkyl halides is 1. The molecule has 1 aliphatic rings. The van der Waals surface area contributed by atoms with Crippen LogP contribution in [0.1, 0.15) is 11.9 Å².